The van der Waals surface area contributed by atoms with Gasteiger partial charge in [0.05, 0.1) is 4.58 Å². The van der Waals surface area contributed by atoms with Crippen LogP contribution in [0.4, 0.5) is 0 Å². The molecule has 0 spiro atoms. The van der Waals surface area contributed by atoms with Gasteiger partial charge in [0.25, 0.3) is 0 Å². The number of hydrogen-bond acceptors (Lipinski definition) is 2. The molecule has 0 saturated carbocycles. The monoisotopic (exact) mass is 274 g/mol. The number of thioether (sulfide) groups is 2. The van der Waals surface area contributed by atoms with E-state index in [1.54, 1.807) is 0 Å². The van der Waals surface area contributed by atoms with Gasteiger partial charge in [-0.15, -0.1) is 23.5 Å². The second-order valence-corrected chi connectivity index (χ2v) is 7.20. The van der Waals surface area contributed by atoms with Crippen molar-refractivity contribution in [3.05, 3.63) is 60.7 Å². The molecular formula is C16H18S2. The first-order valence-corrected chi connectivity index (χ1v) is 7.95. The first-order chi connectivity index (χ1) is 8.75. The van der Waals surface area contributed by atoms with Crippen molar-refractivity contribution < 1.29 is 0 Å². The Labute approximate surface area is 118 Å². The summed E-state index contributed by atoms with van der Waals surface area (Å²) in [6.45, 7) is 4.58. The van der Waals surface area contributed by atoms with Crippen LogP contribution in [-0.2, 0) is 0 Å². The normalized spacial score (nSPS) is 11.1. The second kappa shape index (κ2) is 6.91. The van der Waals surface area contributed by atoms with E-state index in [0.29, 0.717) is 10.5 Å². The summed E-state index contributed by atoms with van der Waals surface area (Å²) >= 11 is 3.91. The molecule has 2 rings (SSSR count). The highest BCUT2D eigenvalue weighted by molar-refractivity contribution is 8.17. The van der Waals surface area contributed by atoms with E-state index in [1.807, 2.05) is 23.5 Å². The Hall–Kier alpha value is -0.860. The average molecular weight is 274 g/mol. The number of hydrogen-bond donors (Lipinski definition) is 0. The topological polar surface area (TPSA) is 0 Å². The maximum absolute atomic E-state index is 2.29. The van der Waals surface area contributed by atoms with Gasteiger partial charge < -0.3 is 0 Å². The van der Waals surface area contributed by atoms with E-state index in [2.05, 4.69) is 74.5 Å². The van der Waals surface area contributed by atoms with Crippen molar-refractivity contribution in [2.24, 2.45) is 5.92 Å². The third kappa shape index (κ3) is 4.11. The van der Waals surface area contributed by atoms with E-state index in [4.69, 9.17) is 0 Å². The molecule has 94 valence electrons. The minimum absolute atomic E-state index is 0.551. The zero-order chi connectivity index (χ0) is 12.8. The van der Waals surface area contributed by atoms with Crippen LogP contribution in [0.25, 0.3) is 0 Å². The van der Waals surface area contributed by atoms with Gasteiger partial charge in [-0.25, -0.2) is 0 Å². The van der Waals surface area contributed by atoms with Gasteiger partial charge in [-0.05, 0) is 30.2 Å². The highest BCUT2D eigenvalue weighted by atomic mass is 32.2. The molecule has 2 aromatic rings. The summed E-state index contributed by atoms with van der Waals surface area (Å²) < 4.78 is 0.551. The fourth-order valence-corrected chi connectivity index (χ4v) is 4.13. The van der Waals surface area contributed by atoms with Gasteiger partial charge >= 0.3 is 0 Å². The summed E-state index contributed by atoms with van der Waals surface area (Å²) in [5.41, 5.74) is 0. The molecule has 0 aliphatic carbocycles. The quantitative estimate of drug-likeness (QED) is 0.517. The predicted octanol–water partition coefficient (Wildman–Crippen LogP) is 5.55. The van der Waals surface area contributed by atoms with Crippen LogP contribution in [0, 0.1) is 5.92 Å². The van der Waals surface area contributed by atoms with Crippen LogP contribution in [0.15, 0.2) is 70.5 Å². The number of rotatable bonds is 5. The van der Waals surface area contributed by atoms with Crippen molar-refractivity contribution in [2.75, 3.05) is 0 Å². The molecule has 0 aliphatic heterocycles. The molecule has 0 fully saturated rings. The van der Waals surface area contributed by atoms with E-state index in [-0.39, 0.29) is 0 Å². The summed E-state index contributed by atoms with van der Waals surface area (Å²) in [5.74, 6) is 0.639. The van der Waals surface area contributed by atoms with Crippen molar-refractivity contribution in [1.82, 2.24) is 0 Å². The molecule has 2 heteroatoms. The van der Waals surface area contributed by atoms with Gasteiger partial charge in [0.2, 0.25) is 0 Å². The highest BCUT2D eigenvalue weighted by Crippen LogP contribution is 2.39. The van der Waals surface area contributed by atoms with Crippen LogP contribution in [0.3, 0.4) is 0 Å². The Morgan fingerprint density at radius 1 is 0.667 bits per heavy atom. The zero-order valence-corrected chi connectivity index (χ0v) is 12.4. The molecule has 0 amide bonds. The third-order valence-corrected chi connectivity index (χ3v) is 5.75. The molecule has 0 saturated heterocycles. The van der Waals surface area contributed by atoms with Crippen molar-refractivity contribution in [2.45, 2.75) is 28.2 Å². The molecule has 0 aliphatic rings. The third-order valence-electron chi connectivity index (χ3n) is 2.54. The lowest BCUT2D eigenvalue weighted by Crippen LogP contribution is -2.06. The number of benzene rings is 2. The lowest BCUT2D eigenvalue weighted by Gasteiger charge is -2.19. The molecule has 0 nitrogen and oxygen atoms in total. The van der Waals surface area contributed by atoms with Crippen LogP contribution in [0.1, 0.15) is 13.8 Å². The Morgan fingerprint density at radius 2 is 1.06 bits per heavy atom. The standard InChI is InChI=1S/C16H18S2/c1-13(2)16(17-14-9-5-3-6-10-14)18-15-11-7-4-8-12-15/h3-13,16H,1-2H3. The van der Waals surface area contributed by atoms with Gasteiger partial charge in [0, 0.05) is 9.79 Å². The summed E-state index contributed by atoms with van der Waals surface area (Å²) in [7, 11) is 0. The van der Waals surface area contributed by atoms with E-state index in [0.717, 1.165) is 0 Å². The lowest BCUT2D eigenvalue weighted by molar-refractivity contribution is 0.720. The Bertz CT molecular complexity index is 410. The first-order valence-electron chi connectivity index (χ1n) is 6.19. The Kier molecular flexibility index (Phi) is 5.21. The maximum Gasteiger partial charge on any atom is 0.0619 e. The van der Waals surface area contributed by atoms with Crippen molar-refractivity contribution in [1.29, 1.82) is 0 Å². The van der Waals surface area contributed by atoms with Gasteiger partial charge in [-0.3, -0.25) is 0 Å². The fourth-order valence-electron chi connectivity index (χ4n) is 1.56. The molecule has 0 aromatic heterocycles. The molecule has 0 bridgehead atoms. The summed E-state index contributed by atoms with van der Waals surface area (Å²) in [4.78, 5) is 2.69. The molecule has 0 radical (unpaired) electrons. The SMILES string of the molecule is CC(C)C(Sc1ccccc1)Sc1ccccc1. The fraction of sp³-hybridized carbons (Fsp3) is 0.250. The van der Waals surface area contributed by atoms with E-state index in [1.165, 1.54) is 9.79 Å². The van der Waals surface area contributed by atoms with Crippen LogP contribution in [0.5, 0.6) is 0 Å². The van der Waals surface area contributed by atoms with Crippen LogP contribution >= 0.6 is 23.5 Å². The average Bonchev–Trinajstić information content (AvgIpc) is 2.40. The minimum Gasteiger partial charge on any atom is -0.111 e. The maximum atomic E-state index is 2.29. The Balaban J connectivity index is 2.05. The molecule has 0 atom stereocenters. The van der Waals surface area contributed by atoms with Crippen molar-refractivity contribution in [3.8, 4) is 0 Å². The van der Waals surface area contributed by atoms with Gasteiger partial charge in [0.1, 0.15) is 0 Å². The summed E-state index contributed by atoms with van der Waals surface area (Å²) in [6, 6.07) is 21.3. The lowest BCUT2D eigenvalue weighted by atomic mass is 10.3. The molecule has 0 N–H and O–H groups in total. The van der Waals surface area contributed by atoms with Gasteiger partial charge in [-0.2, -0.15) is 0 Å². The van der Waals surface area contributed by atoms with Gasteiger partial charge in [0.15, 0.2) is 0 Å². The van der Waals surface area contributed by atoms with Crippen molar-refractivity contribution >= 4 is 23.5 Å². The largest absolute Gasteiger partial charge is 0.111 e. The van der Waals surface area contributed by atoms with E-state index >= 15 is 0 Å². The minimum atomic E-state index is 0.551. The highest BCUT2D eigenvalue weighted by Gasteiger charge is 2.16. The van der Waals surface area contributed by atoms with E-state index in [9.17, 15) is 0 Å². The molecule has 0 unspecified atom stereocenters. The zero-order valence-electron chi connectivity index (χ0n) is 10.7. The van der Waals surface area contributed by atoms with Crippen LogP contribution in [0.2, 0.25) is 0 Å². The molecule has 2 aromatic carbocycles. The van der Waals surface area contributed by atoms with Crippen LogP contribution in [-0.4, -0.2) is 4.58 Å². The molecular weight excluding hydrogens is 256 g/mol. The van der Waals surface area contributed by atoms with E-state index < -0.39 is 0 Å². The summed E-state index contributed by atoms with van der Waals surface area (Å²) in [6.07, 6.45) is 0. The van der Waals surface area contributed by atoms with Crippen LogP contribution < -0.4 is 0 Å². The Morgan fingerprint density at radius 3 is 1.39 bits per heavy atom. The molecule has 18 heavy (non-hydrogen) atoms. The van der Waals surface area contributed by atoms with Crippen molar-refractivity contribution in [3.63, 3.8) is 0 Å². The first kappa shape index (κ1) is 13.6. The second-order valence-electron chi connectivity index (χ2n) is 4.47. The summed E-state index contributed by atoms with van der Waals surface area (Å²) in [5, 5.41) is 0. The smallest absolute Gasteiger partial charge is 0.0619 e. The van der Waals surface area contributed by atoms with Gasteiger partial charge in [-0.1, -0.05) is 50.2 Å². The predicted molar refractivity (Wildman–Crippen MR) is 83.2 cm³/mol. The molecule has 0 heterocycles.